The highest BCUT2D eigenvalue weighted by molar-refractivity contribution is 7.90. The van der Waals surface area contributed by atoms with E-state index in [0.29, 0.717) is 0 Å². The lowest BCUT2D eigenvalue weighted by Gasteiger charge is -2.26. The Kier molecular flexibility index (Phi) is 5.09. The molecule has 0 fully saturated rings. The van der Waals surface area contributed by atoms with E-state index in [1.54, 1.807) is 0 Å². The van der Waals surface area contributed by atoms with Crippen molar-refractivity contribution in [3.8, 4) is 11.1 Å². The molecule has 2 atom stereocenters. The second-order valence-electron chi connectivity index (χ2n) is 6.21. The zero-order chi connectivity index (χ0) is 15.5. The van der Waals surface area contributed by atoms with Gasteiger partial charge in [0, 0.05) is 11.4 Å². The molecule has 0 saturated carbocycles. The van der Waals surface area contributed by atoms with Crippen LogP contribution in [0.15, 0.2) is 54.6 Å². The summed E-state index contributed by atoms with van der Waals surface area (Å²) in [4.78, 5) is 0. The Hall–Kier alpha value is -1.29. The molecule has 112 valence electrons. The van der Waals surface area contributed by atoms with E-state index in [4.69, 9.17) is 0 Å². The van der Waals surface area contributed by atoms with E-state index in [1.165, 1.54) is 11.1 Å². The largest absolute Gasteiger partial charge is 0.598 e. The molecule has 0 aromatic heterocycles. The van der Waals surface area contributed by atoms with Crippen molar-refractivity contribution in [2.45, 2.75) is 38.5 Å². The summed E-state index contributed by atoms with van der Waals surface area (Å²) < 4.78 is 15.1. The minimum atomic E-state index is -1.06. The number of benzene rings is 2. The molecule has 0 aliphatic heterocycles. The molecule has 1 N–H and O–H groups in total. The summed E-state index contributed by atoms with van der Waals surface area (Å²) in [6.45, 7) is 7.96. The van der Waals surface area contributed by atoms with Gasteiger partial charge in [0.05, 0.1) is 6.04 Å². The standard InChI is InChI=1S/C18H23NOS/c1-14(19-21(20)18(2,3)4)15-10-12-17(13-11-15)16-8-6-5-7-9-16/h5-14,19H,1-4H3/t14-,21-/m0/s1. The van der Waals surface area contributed by atoms with Crippen LogP contribution in [0.3, 0.4) is 0 Å². The Balaban J connectivity index is 2.09. The Bertz CT molecular complexity index is 560. The summed E-state index contributed by atoms with van der Waals surface area (Å²) in [7, 11) is 0. The summed E-state index contributed by atoms with van der Waals surface area (Å²) in [6.07, 6.45) is 0. The smallest absolute Gasteiger partial charge is 0.136 e. The maximum absolute atomic E-state index is 12.1. The van der Waals surface area contributed by atoms with Crippen LogP contribution in [-0.4, -0.2) is 9.30 Å². The van der Waals surface area contributed by atoms with Gasteiger partial charge in [-0.1, -0.05) is 54.6 Å². The third-order valence-electron chi connectivity index (χ3n) is 3.36. The maximum Gasteiger partial charge on any atom is 0.136 e. The molecule has 2 rings (SSSR count). The highest BCUT2D eigenvalue weighted by atomic mass is 32.2. The van der Waals surface area contributed by atoms with Crippen LogP contribution in [0.1, 0.15) is 39.3 Å². The number of rotatable bonds is 4. The van der Waals surface area contributed by atoms with Gasteiger partial charge in [-0.2, -0.15) is 0 Å². The first-order chi connectivity index (χ1) is 9.88. The second-order valence-corrected chi connectivity index (χ2v) is 8.21. The summed E-state index contributed by atoms with van der Waals surface area (Å²) in [5.41, 5.74) is 3.55. The highest BCUT2D eigenvalue weighted by Gasteiger charge is 2.28. The molecule has 21 heavy (non-hydrogen) atoms. The average molecular weight is 301 g/mol. The molecular formula is C18H23NOS. The summed E-state index contributed by atoms with van der Waals surface area (Å²) >= 11 is -1.06. The van der Waals surface area contributed by atoms with Crippen molar-refractivity contribution in [3.63, 3.8) is 0 Å². The minimum absolute atomic E-state index is 0.0647. The van der Waals surface area contributed by atoms with Crippen LogP contribution >= 0.6 is 0 Å². The predicted octanol–water partition coefficient (Wildman–Crippen LogP) is 4.47. The number of hydrogen-bond donors (Lipinski definition) is 1. The molecule has 2 nitrogen and oxygen atoms in total. The van der Waals surface area contributed by atoms with Gasteiger partial charge in [0.1, 0.15) is 4.75 Å². The van der Waals surface area contributed by atoms with E-state index < -0.39 is 11.4 Å². The van der Waals surface area contributed by atoms with Crippen LogP contribution in [-0.2, 0) is 11.4 Å². The lowest BCUT2D eigenvalue weighted by Crippen LogP contribution is -2.40. The molecule has 0 spiro atoms. The average Bonchev–Trinajstić information content (AvgIpc) is 2.47. The van der Waals surface area contributed by atoms with Crippen molar-refractivity contribution in [1.29, 1.82) is 0 Å². The number of hydrogen-bond acceptors (Lipinski definition) is 2. The zero-order valence-corrected chi connectivity index (χ0v) is 13.9. The second kappa shape index (κ2) is 6.65. The molecule has 0 heterocycles. The third kappa shape index (κ3) is 4.34. The molecule has 0 amide bonds. The first-order valence-corrected chi connectivity index (χ1v) is 8.36. The lowest BCUT2D eigenvalue weighted by molar-refractivity contribution is 0.531. The van der Waals surface area contributed by atoms with Crippen LogP contribution < -0.4 is 4.72 Å². The molecule has 0 aliphatic rings. The fourth-order valence-corrected chi connectivity index (χ4v) is 2.81. The van der Waals surface area contributed by atoms with Crippen molar-refractivity contribution in [2.75, 3.05) is 0 Å². The van der Waals surface area contributed by atoms with Gasteiger partial charge < -0.3 is 4.55 Å². The molecule has 0 unspecified atom stereocenters. The molecule has 0 radical (unpaired) electrons. The van der Waals surface area contributed by atoms with Crippen molar-refractivity contribution in [3.05, 3.63) is 60.2 Å². The van der Waals surface area contributed by atoms with Crippen LogP contribution in [0.25, 0.3) is 11.1 Å². The van der Waals surface area contributed by atoms with Crippen LogP contribution in [0.5, 0.6) is 0 Å². The number of nitrogens with one attached hydrogen (secondary N) is 1. The van der Waals surface area contributed by atoms with Crippen molar-refractivity contribution >= 4 is 11.4 Å². The molecule has 2 aromatic carbocycles. The summed E-state index contributed by atoms with van der Waals surface area (Å²) in [5, 5.41) is 0. The van der Waals surface area contributed by atoms with E-state index in [-0.39, 0.29) is 10.8 Å². The van der Waals surface area contributed by atoms with Gasteiger partial charge in [-0.25, -0.2) is 0 Å². The van der Waals surface area contributed by atoms with Crippen molar-refractivity contribution in [1.82, 2.24) is 4.72 Å². The fraction of sp³-hybridized carbons (Fsp3) is 0.333. The molecule has 0 saturated heterocycles. The summed E-state index contributed by atoms with van der Waals surface area (Å²) in [6, 6.07) is 18.8. The van der Waals surface area contributed by atoms with Crippen molar-refractivity contribution in [2.24, 2.45) is 0 Å². The van der Waals surface area contributed by atoms with E-state index in [1.807, 2.05) is 45.9 Å². The third-order valence-corrected chi connectivity index (χ3v) is 5.04. The van der Waals surface area contributed by atoms with Crippen LogP contribution in [0.2, 0.25) is 0 Å². The van der Waals surface area contributed by atoms with Crippen molar-refractivity contribution < 1.29 is 4.55 Å². The van der Waals surface area contributed by atoms with Gasteiger partial charge in [-0.3, -0.25) is 0 Å². The Labute approximate surface area is 130 Å². The van der Waals surface area contributed by atoms with E-state index in [0.717, 1.165) is 5.56 Å². The van der Waals surface area contributed by atoms with Gasteiger partial charge >= 0.3 is 0 Å². The zero-order valence-electron chi connectivity index (χ0n) is 13.1. The first-order valence-electron chi connectivity index (χ1n) is 7.21. The van der Waals surface area contributed by atoms with Gasteiger partial charge in [0.15, 0.2) is 0 Å². The van der Waals surface area contributed by atoms with Crippen LogP contribution in [0.4, 0.5) is 0 Å². The SMILES string of the molecule is C[C@H](N[S@@+]([O-])C(C)(C)C)c1ccc(-c2ccccc2)cc1. The van der Waals surface area contributed by atoms with Gasteiger partial charge in [-0.15, -0.1) is 4.72 Å². The minimum Gasteiger partial charge on any atom is -0.598 e. The normalized spacial score (nSPS) is 14.7. The van der Waals surface area contributed by atoms with Crippen LogP contribution in [0, 0.1) is 0 Å². The van der Waals surface area contributed by atoms with Gasteiger partial charge in [-0.05, 0) is 44.4 Å². The topological polar surface area (TPSA) is 35.1 Å². The Morgan fingerprint density at radius 3 is 1.95 bits per heavy atom. The molecular weight excluding hydrogens is 278 g/mol. The fourth-order valence-electron chi connectivity index (χ4n) is 2.00. The van der Waals surface area contributed by atoms with E-state index in [9.17, 15) is 4.55 Å². The molecule has 3 heteroatoms. The van der Waals surface area contributed by atoms with E-state index in [2.05, 4.69) is 41.1 Å². The highest BCUT2D eigenvalue weighted by Crippen LogP contribution is 2.23. The maximum atomic E-state index is 12.1. The molecule has 0 bridgehead atoms. The Morgan fingerprint density at radius 2 is 1.43 bits per heavy atom. The predicted molar refractivity (Wildman–Crippen MR) is 91.3 cm³/mol. The molecule has 2 aromatic rings. The van der Waals surface area contributed by atoms with Gasteiger partial charge in [0.2, 0.25) is 0 Å². The van der Waals surface area contributed by atoms with E-state index >= 15 is 0 Å². The monoisotopic (exact) mass is 301 g/mol. The van der Waals surface area contributed by atoms with Gasteiger partial charge in [0.25, 0.3) is 0 Å². The molecule has 0 aliphatic carbocycles. The lowest BCUT2D eigenvalue weighted by atomic mass is 10.0. The first kappa shape index (κ1) is 16.1. The Morgan fingerprint density at radius 1 is 0.905 bits per heavy atom. The summed E-state index contributed by atoms with van der Waals surface area (Å²) in [5.74, 6) is 0. The quantitative estimate of drug-likeness (QED) is 0.846.